The molecule has 0 saturated carbocycles. The number of fused-ring (bicyclic) bond motifs is 1. The van der Waals surface area contributed by atoms with Crippen molar-refractivity contribution in [3.8, 4) is 11.3 Å². The molecule has 1 aromatic heterocycles. The van der Waals surface area contributed by atoms with Crippen LogP contribution in [0.1, 0.15) is 27.9 Å². The van der Waals surface area contributed by atoms with Crippen molar-refractivity contribution >= 4 is 10.8 Å². The van der Waals surface area contributed by atoms with Crippen LogP contribution in [0.3, 0.4) is 0 Å². The Balaban J connectivity index is 2.53. The molecule has 1 nitrogen and oxygen atoms in total. The Hall–Kier alpha value is -2.22. The summed E-state index contributed by atoms with van der Waals surface area (Å²) in [6.45, 7) is 10.1. The van der Waals surface area contributed by atoms with Gasteiger partial charge < -0.3 is 0 Å². The molecule has 0 aliphatic rings. The summed E-state index contributed by atoms with van der Waals surface area (Å²) in [5.74, 6) is -0.115. The predicted octanol–water partition coefficient (Wildman–Crippen LogP) is 5.01. The number of nitrogens with zero attached hydrogens (tertiary/aromatic N) is 1. The number of pyridine rings is 1. The van der Waals surface area contributed by atoms with Gasteiger partial charge in [-0.2, -0.15) is 4.57 Å². The molecule has 0 spiro atoms. The number of benzene rings is 2. The molecule has 0 N–H and O–H groups in total. The summed E-state index contributed by atoms with van der Waals surface area (Å²) >= 11 is 0. The lowest BCUT2D eigenvalue weighted by Gasteiger charge is -2.14. The van der Waals surface area contributed by atoms with E-state index in [2.05, 4.69) is 42.7 Å². The van der Waals surface area contributed by atoms with Crippen molar-refractivity contribution in [1.29, 1.82) is 0 Å². The van der Waals surface area contributed by atoms with E-state index >= 15 is 4.39 Å². The third-order valence-electron chi connectivity index (χ3n) is 4.89. The normalized spacial score (nSPS) is 11.3. The molecule has 0 unspecified atom stereocenters. The minimum atomic E-state index is -0.115. The summed E-state index contributed by atoms with van der Waals surface area (Å²) in [5.41, 5.74) is 6.86. The van der Waals surface area contributed by atoms with Gasteiger partial charge in [0.2, 0.25) is 5.69 Å². The van der Waals surface area contributed by atoms with Gasteiger partial charge in [0.1, 0.15) is 12.9 Å². The zero-order valence-electron chi connectivity index (χ0n) is 14.7. The lowest BCUT2D eigenvalue weighted by molar-refractivity contribution is -0.665. The Morgan fingerprint density at radius 1 is 0.870 bits per heavy atom. The molecule has 0 atom stereocenters. The molecule has 2 aromatic carbocycles. The second-order valence-corrected chi connectivity index (χ2v) is 6.61. The van der Waals surface area contributed by atoms with E-state index in [1.165, 1.54) is 5.56 Å². The number of rotatable bonds is 1. The van der Waals surface area contributed by atoms with Crippen LogP contribution >= 0.6 is 0 Å². The fourth-order valence-corrected chi connectivity index (χ4v) is 3.34. The molecule has 0 fully saturated rings. The van der Waals surface area contributed by atoms with Crippen molar-refractivity contribution in [2.75, 3.05) is 0 Å². The van der Waals surface area contributed by atoms with Gasteiger partial charge in [-0.25, -0.2) is 4.39 Å². The van der Waals surface area contributed by atoms with Crippen LogP contribution in [0.2, 0.25) is 0 Å². The first-order valence-electron chi connectivity index (χ1n) is 7.98. The second-order valence-electron chi connectivity index (χ2n) is 6.61. The number of aryl methyl sites for hydroxylation is 4. The van der Waals surface area contributed by atoms with Gasteiger partial charge >= 0.3 is 0 Å². The van der Waals surface area contributed by atoms with E-state index in [-0.39, 0.29) is 5.82 Å². The van der Waals surface area contributed by atoms with Gasteiger partial charge in [0, 0.05) is 13.0 Å². The van der Waals surface area contributed by atoms with Crippen molar-refractivity contribution in [2.45, 2.75) is 34.6 Å². The molecular weight excluding hydrogens is 285 g/mol. The molecule has 0 radical (unpaired) electrons. The maximum absolute atomic E-state index is 15.0. The summed E-state index contributed by atoms with van der Waals surface area (Å²) < 4.78 is 17.1. The molecule has 0 aliphatic carbocycles. The van der Waals surface area contributed by atoms with Crippen LogP contribution in [0.4, 0.5) is 4.39 Å². The molecule has 2 heteroatoms. The van der Waals surface area contributed by atoms with Crippen LogP contribution in [0, 0.1) is 40.4 Å². The van der Waals surface area contributed by atoms with Crippen molar-refractivity contribution in [3.05, 3.63) is 64.1 Å². The van der Waals surface area contributed by atoms with Crippen LogP contribution < -0.4 is 4.57 Å². The molecule has 0 amide bonds. The summed E-state index contributed by atoms with van der Waals surface area (Å²) in [6, 6.07) is 10.5. The fraction of sp³-hybridized carbons (Fsp3) is 0.286. The van der Waals surface area contributed by atoms with Gasteiger partial charge in [-0.1, -0.05) is 23.8 Å². The van der Waals surface area contributed by atoms with Crippen LogP contribution in [0.25, 0.3) is 22.0 Å². The highest BCUT2D eigenvalue weighted by molar-refractivity contribution is 5.94. The number of hydrogen-bond donors (Lipinski definition) is 0. The minimum Gasteiger partial charge on any atom is -0.206 e. The Bertz CT molecular complexity index is 912. The zero-order chi connectivity index (χ0) is 16.9. The molecule has 118 valence electrons. The average molecular weight is 308 g/mol. The van der Waals surface area contributed by atoms with Gasteiger partial charge in [-0.05, 0) is 55.8 Å². The second kappa shape index (κ2) is 5.45. The number of aromatic nitrogens is 1. The third-order valence-corrected chi connectivity index (χ3v) is 4.89. The summed E-state index contributed by atoms with van der Waals surface area (Å²) in [7, 11) is 2.01. The Kier molecular flexibility index (Phi) is 3.71. The smallest absolute Gasteiger partial charge is 0.206 e. The lowest BCUT2D eigenvalue weighted by atomic mass is 9.93. The topological polar surface area (TPSA) is 3.88 Å². The maximum atomic E-state index is 15.0. The van der Waals surface area contributed by atoms with E-state index in [9.17, 15) is 0 Å². The quantitative estimate of drug-likeness (QED) is 0.556. The molecule has 23 heavy (non-hydrogen) atoms. The van der Waals surface area contributed by atoms with E-state index in [4.69, 9.17) is 0 Å². The van der Waals surface area contributed by atoms with Crippen LogP contribution in [-0.4, -0.2) is 0 Å². The standard InChI is InChI=1S/C21H23FN/c1-12-7-8-18-17(9-12)11-15(4)23(6)21(18)19-16(5)13(2)10-14(3)20(19)22/h7-11H,1-6H3/q+1. The van der Waals surface area contributed by atoms with Crippen molar-refractivity contribution in [2.24, 2.45) is 7.05 Å². The Labute approximate surface area is 137 Å². The number of hydrogen-bond acceptors (Lipinski definition) is 0. The first kappa shape index (κ1) is 15.7. The van der Waals surface area contributed by atoms with E-state index in [0.29, 0.717) is 5.56 Å². The van der Waals surface area contributed by atoms with Crippen molar-refractivity contribution in [1.82, 2.24) is 0 Å². The first-order chi connectivity index (χ1) is 10.8. The highest BCUT2D eigenvalue weighted by atomic mass is 19.1. The van der Waals surface area contributed by atoms with E-state index in [1.54, 1.807) is 0 Å². The van der Waals surface area contributed by atoms with Crippen molar-refractivity contribution in [3.63, 3.8) is 0 Å². The van der Waals surface area contributed by atoms with E-state index < -0.39 is 0 Å². The van der Waals surface area contributed by atoms with Gasteiger partial charge in [-0.3, -0.25) is 0 Å². The minimum absolute atomic E-state index is 0.115. The molecule has 1 heterocycles. The maximum Gasteiger partial charge on any atom is 0.223 e. The largest absolute Gasteiger partial charge is 0.223 e. The fourth-order valence-electron chi connectivity index (χ4n) is 3.34. The Morgan fingerprint density at radius 2 is 1.57 bits per heavy atom. The van der Waals surface area contributed by atoms with Crippen LogP contribution in [0.15, 0.2) is 30.3 Å². The van der Waals surface area contributed by atoms with Crippen LogP contribution in [0.5, 0.6) is 0 Å². The molecular formula is C21H23FN+. The monoisotopic (exact) mass is 308 g/mol. The summed E-state index contributed by atoms with van der Waals surface area (Å²) in [5, 5.41) is 2.25. The average Bonchev–Trinajstić information content (AvgIpc) is 2.49. The lowest BCUT2D eigenvalue weighted by Crippen LogP contribution is -2.35. The predicted molar refractivity (Wildman–Crippen MR) is 94.2 cm³/mol. The first-order valence-corrected chi connectivity index (χ1v) is 7.98. The number of halogens is 1. The highest BCUT2D eigenvalue weighted by Crippen LogP contribution is 2.33. The molecule has 3 rings (SSSR count). The SMILES string of the molecule is Cc1ccc2c(-c3c(C)c(C)cc(C)c3F)[n+](C)c(C)cc2c1. The Morgan fingerprint density at radius 3 is 2.26 bits per heavy atom. The summed E-state index contributed by atoms with van der Waals surface area (Å²) in [4.78, 5) is 0. The van der Waals surface area contributed by atoms with Gasteiger partial charge in [-0.15, -0.1) is 0 Å². The zero-order valence-corrected chi connectivity index (χ0v) is 14.7. The molecule has 0 aliphatic heterocycles. The van der Waals surface area contributed by atoms with Gasteiger partial charge in [0.15, 0.2) is 5.69 Å². The molecule has 0 saturated heterocycles. The van der Waals surface area contributed by atoms with E-state index in [1.807, 2.05) is 33.9 Å². The highest BCUT2D eigenvalue weighted by Gasteiger charge is 2.24. The molecule has 3 aromatic rings. The van der Waals surface area contributed by atoms with Crippen LogP contribution in [-0.2, 0) is 7.05 Å². The molecule has 0 bridgehead atoms. The van der Waals surface area contributed by atoms with Gasteiger partial charge in [0.25, 0.3) is 0 Å². The van der Waals surface area contributed by atoms with E-state index in [0.717, 1.165) is 38.9 Å². The summed E-state index contributed by atoms with van der Waals surface area (Å²) in [6.07, 6.45) is 0. The third kappa shape index (κ3) is 2.42. The van der Waals surface area contributed by atoms with Crippen molar-refractivity contribution < 1.29 is 8.96 Å². The van der Waals surface area contributed by atoms with Gasteiger partial charge in [0.05, 0.1) is 10.9 Å².